The molecule has 0 radical (unpaired) electrons. The molecule has 1 unspecified atom stereocenters. The third kappa shape index (κ3) is 2.29. The predicted molar refractivity (Wildman–Crippen MR) is 78.3 cm³/mol. The Morgan fingerprint density at radius 2 is 1.79 bits per heavy atom. The zero-order valence-corrected chi connectivity index (χ0v) is 11.7. The fraction of sp³-hybridized carbons (Fsp3) is 0.188. The van der Waals surface area contributed by atoms with Crippen molar-refractivity contribution < 1.29 is 4.79 Å². The maximum absolute atomic E-state index is 11.9. The van der Waals surface area contributed by atoms with Gasteiger partial charge in [-0.05, 0) is 29.7 Å². The summed E-state index contributed by atoms with van der Waals surface area (Å²) in [5, 5.41) is 1.30. The highest BCUT2D eigenvalue weighted by molar-refractivity contribution is 6.35. The molecule has 0 amide bonds. The van der Waals surface area contributed by atoms with Gasteiger partial charge in [0, 0.05) is 27.9 Å². The lowest BCUT2D eigenvalue weighted by atomic mass is 9.78. The van der Waals surface area contributed by atoms with Gasteiger partial charge in [0.1, 0.15) is 0 Å². The van der Waals surface area contributed by atoms with Crippen molar-refractivity contribution in [3.8, 4) is 0 Å². The van der Waals surface area contributed by atoms with Gasteiger partial charge in [-0.3, -0.25) is 4.79 Å². The first-order valence-electron chi connectivity index (χ1n) is 6.24. The van der Waals surface area contributed by atoms with Crippen molar-refractivity contribution in [1.82, 2.24) is 0 Å². The summed E-state index contributed by atoms with van der Waals surface area (Å²) in [7, 11) is 0. The van der Waals surface area contributed by atoms with Crippen LogP contribution in [0, 0.1) is 0 Å². The number of carbonyl (C=O) groups is 1. The van der Waals surface area contributed by atoms with E-state index in [0.29, 0.717) is 16.5 Å². The molecule has 0 saturated heterocycles. The average molecular weight is 291 g/mol. The molecule has 0 heterocycles. The molecule has 0 N–H and O–H groups in total. The molecule has 96 valence electrons. The molecule has 1 nitrogen and oxygen atoms in total. The highest BCUT2D eigenvalue weighted by Gasteiger charge is 2.27. The minimum absolute atomic E-state index is 0.179. The SMILES string of the molecule is O=C1CCC(c2ccc(Cl)cc2Cl)c2ccccc21. The van der Waals surface area contributed by atoms with Gasteiger partial charge in [-0.2, -0.15) is 0 Å². The van der Waals surface area contributed by atoms with E-state index in [2.05, 4.69) is 0 Å². The lowest BCUT2D eigenvalue weighted by molar-refractivity contribution is 0.0969. The van der Waals surface area contributed by atoms with E-state index in [9.17, 15) is 4.79 Å². The maximum Gasteiger partial charge on any atom is 0.163 e. The van der Waals surface area contributed by atoms with Crippen LogP contribution in [0.15, 0.2) is 42.5 Å². The number of ketones is 1. The van der Waals surface area contributed by atoms with E-state index in [0.717, 1.165) is 23.1 Å². The number of hydrogen-bond donors (Lipinski definition) is 0. The number of Topliss-reactive ketones (excluding diaryl/α,β-unsaturated/α-hetero) is 1. The first-order chi connectivity index (χ1) is 9.16. The zero-order chi connectivity index (χ0) is 13.4. The lowest BCUT2D eigenvalue weighted by Gasteiger charge is -2.25. The van der Waals surface area contributed by atoms with Crippen LogP contribution in [-0.4, -0.2) is 5.78 Å². The van der Waals surface area contributed by atoms with Crippen LogP contribution in [0.25, 0.3) is 0 Å². The van der Waals surface area contributed by atoms with E-state index in [1.54, 1.807) is 6.07 Å². The van der Waals surface area contributed by atoms with E-state index >= 15 is 0 Å². The van der Waals surface area contributed by atoms with E-state index < -0.39 is 0 Å². The molecule has 0 bridgehead atoms. The smallest absolute Gasteiger partial charge is 0.163 e. The van der Waals surface area contributed by atoms with Gasteiger partial charge in [0.15, 0.2) is 5.78 Å². The third-order valence-corrected chi connectivity index (χ3v) is 4.20. The molecule has 19 heavy (non-hydrogen) atoms. The fourth-order valence-electron chi connectivity index (χ4n) is 2.73. The minimum Gasteiger partial charge on any atom is -0.294 e. The van der Waals surface area contributed by atoms with Gasteiger partial charge in [-0.1, -0.05) is 53.5 Å². The van der Waals surface area contributed by atoms with Crippen LogP contribution in [0.4, 0.5) is 0 Å². The Morgan fingerprint density at radius 3 is 2.58 bits per heavy atom. The number of hydrogen-bond acceptors (Lipinski definition) is 1. The van der Waals surface area contributed by atoms with Crippen LogP contribution >= 0.6 is 23.2 Å². The number of fused-ring (bicyclic) bond motifs is 1. The maximum atomic E-state index is 11.9. The molecule has 3 rings (SSSR count). The third-order valence-electron chi connectivity index (χ3n) is 3.63. The molecule has 1 atom stereocenters. The van der Waals surface area contributed by atoms with Gasteiger partial charge in [-0.15, -0.1) is 0 Å². The van der Waals surface area contributed by atoms with Crippen LogP contribution in [0.3, 0.4) is 0 Å². The lowest BCUT2D eigenvalue weighted by Crippen LogP contribution is -2.16. The Bertz CT molecular complexity index is 649. The van der Waals surface area contributed by atoms with Crippen molar-refractivity contribution in [1.29, 1.82) is 0 Å². The number of carbonyl (C=O) groups excluding carboxylic acids is 1. The Hall–Kier alpha value is -1.31. The summed E-state index contributed by atoms with van der Waals surface area (Å²) in [4.78, 5) is 11.9. The summed E-state index contributed by atoms with van der Waals surface area (Å²) in [5.41, 5.74) is 2.94. The molecule has 2 aromatic carbocycles. The van der Waals surface area contributed by atoms with Crippen LogP contribution in [-0.2, 0) is 0 Å². The second-order valence-corrected chi connectivity index (χ2v) is 5.61. The van der Waals surface area contributed by atoms with Crippen molar-refractivity contribution in [2.75, 3.05) is 0 Å². The van der Waals surface area contributed by atoms with E-state index in [-0.39, 0.29) is 11.7 Å². The first kappa shape index (κ1) is 12.7. The van der Waals surface area contributed by atoms with Gasteiger partial charge in [0.05, 0.1) is 0 Å². The molecule has 0 fully saturated rings. The van der Waals surface area contributed by atoms with Crippen LogP contribution < -0.4 is 0 Å². The Morgan fingerprint density at radius 1 is 1.00 bits per heavy atom. The van der Waals surface area contributed by atoms with Crippen molar-refractivity contribution in [2.45, 2.75) is 18.8 Å². The van der Waals surface area contributed by atoms with Crippen molar-refractivity contribution >= 4 is 29.0 Å². The standard InChI is InChI=1S/C16H12Cl2O/c17-10-5-6-13(15(18)9-10)12-7-8-16(19)14-4-2-1-3-11(12)14/h1-6,9,12H,7-8H2. The Balaban J connectivity index is 2.12. The van der Waals surface area contributed by atoms with Gasteiger partial charge in [0.2, 0.25) is 0 Å². The van der Waals surface area contributed by atoms with E-state index in [4.69, 9.17) is 23.2 Å². The number of benzene rings is 2. The summed E-state index contributed by atoms with van der Waals surface area (Å²) >= 11 is 12.2. The van der Waals surface area contributed by atoms with Crippen LogP contribution in [0.5, 0.6) is 0 Å². The van der Waals surface area contributed by atoms with Crippen molar-refractivity contribution in [3.05, 3.63) is 69.2 Å². The Labute approximate surface area is 122 Å². The Kier molecular flexibility index (Phi) is 3.34. The van der Waals surface area contributed by atoms with Gasteiger partial charge in [0.25, 0.3) is 0 Å². The van der Waals surface area contributed by atoms with Crippen LogP contribution in [0.1, 0.15) is 40.2 Å². The topological polar surface area (TPSA) is 17.1 Å². The molecule has 0 spiro atoms. The number of halogens is 2. The highest BCUT2D eigenvalue weighted by Crippen LogP contribution is 2.39. The van der Waals surface area contributed by atoms with Crippen LogP contribution in [0.2, 0.25) is 10.0 Å². The summed E-state index contributed by atoms with van der Waals surface area (Å²) in [6.45, 7) is 0. The largest absolute Gasteiger partial charge is 0.294 e. The van der Waals surface area contributed by atoms with Gasteiger partial charge < -0.3 is 0 Å². The number of rotatable bonds is 1. The molecule has 0 saturated carbocycles. The quantitative estimate of drug-likeness (QED) is 0.714. The second kappa shape index (κ2) is 4.99. The highest BCUT2D eigenvalue weighted by atomic mass is 35.5. The minimum atomic E-state index is 0.179. The molecular formula is C16H12Cl2O. The average Bonchev–Trinajstić information content (AvgIpc) is 2.41. The fourth-order valence-corrected chi connectivity index (χ4v) is 3.27. The van der Waals surface area contributed by atoms with Crippen molar-refractivity contribution in [2.24, 2.45) is 0 Å². The van der Waals surface area contributed by atoms with E-state index in [1.807, 2.05) is 36.4 Å². The van der Waals surface area contributed by atoms with Crippen molar-refractivity contribution in [3.63, 3.8) is 0 Å². The molecular weight excluding hydrogens is 279 g/mol. The van der Waals surface area contributed by atoms with E-state index in [1.165, 1.54) is 0 Å². The zero-order valence-electron chi connectivity index (χ0n) is 10.2. The molecule has 1 aliphatic carbocycles. The summed E-state index contributed by atoms with van der Waals surface area (Å²) in [6.07, 6.45) is 1.37. The summed E-state index contributed by atoms with van der Waals surface area (Å²) < 4.78 is 0. The molecule has 3 heteroatoms. The first-order valence-corrected chi connectivity index (χ1v) is 6.99. The summed E-state index contributed by atoms with van der Waals surface area (Å²) in [5.74, 6) is 0.399. The molecule has 0 aromatic heterocycles. The normalized spacial score (nSPS) is 18.2. The van der Waals surface area contributed by atoms with Gasteiger partial charge >= 0.3 is 0 Å². The summed E-state index contributed by atoms with van der Waals surface area (Å²) in [6, 6.07) is 13.4. The molecule has 0 aliphatic heterocycles. The second-order valence-electron chi connectivity index (χ2n) is 4.77. The predicted octanol–water partition coefficient (Wildman–Crippen LogP) is 5.10. The molecule has 1 aliphatic rings. The molecule has 2 aromatic rings. The monoisotopic (exact) mass is 290 g/mol. The van der Waals surface area contributed by atoms with Gasteiger partial charge in [-0.25, -0.2) is 0 Å².